The average molecular weight is 283 g/mol. The smallest absolute Gasteiger partial charge is 0.241 e. The Bertz CT molecular complexity index is 343. The molecule has 0 spiro atoms. The number of hydrogen-bond acceptors (Lipinski definition) is 5. The summed E-state index contributed by atoms with van der Waals surface area (Å²) in [6.07, 6.45) is 0. The molecule has 2 N–H and O–H groups in total. The van der Waals surface area contributed by atoms with Crippen molar-refractivity contribution in [3.05, 3.63) is 0 Å². The number of carbonyl (C=O) groups excluding carboxylic acids is 2. The third kappa shape index (κ3) is 4.16. The lowest BCUT2D eigenvalue weighted by Crippen LogP contribution is -2.61. The Morgan fingerprint density at radius 3 is 2.55 bits per heavy atom. The van der Waals surface area contributed by atoms with Crippen LogP contribution in [0.4, 0.5) is 0 Å². The number of nitrogens with zero attached hydrogens (tertiary/aromatic N) is 3. The number of nitrogens with one attached hydrogen (secondary N) is 2. The van der Waals surface area contributed by atoms with Crippen molar-refractivity contribution in [2.75, 3.05) is 66.5 Å². The van der Waals surface area contributed by atoms with Gasteiger partial charge in [0, 0.05) is 45.8 Å². The SMILES string of the molecule is CN(C)CCN1CCN(C(=O)C2CNC(=O)CN2)CC1. The average Bonchev–Trinajstić information content (AvgIpc) is 2.46. The molecule has 1 atom stereocenters. The van der Waals surface area contributed by atoms with Crippen LogP contribution in [0.25, 0.3) is 0 Å². The number of likely N-dealkylation sites (N-methyl/N-ethyl adjacent to an activating group) is 1. The molecule has 2 heterocycles. The van der Waals surface area contributed by atoms with Gasteiger partial charge < -0.3 is 15.1 Å². The molecule has 7 heteroatoms. The van der Waals surface area contributed by atoms with Gasteiger partial charge in [-0.3, -0.25) is 19.8 Å². The second-order valence-electron chi connectivity index (χ2n) is 5.71. The Balaban J connectivity index is 1.73. The van der Waals surface area contributed by atoms with Crippen LogP contribution in [0.3, 0.4) is 0 Å². The third-order valence-corrected chi connectivity index (χ3v) is 3.86. The summed E-state index contributed by atoms with van der Waals surface area (Å²) < 4.78 is 0. The fourth-order valence-electron chi connectivity index (χ4n) is 2.49. The van der Waals surface area contributed by atoms with Gasteiger partial charge in [0.25, 0.3) is 0 Å². The van der Waals surface area contributed by atoms with E-state index in [0.29, 0.717) is 6.54 Å². The molecule has 7 nitrogen and oxygen atoms in total. The number of hydrogen-bond donors (Lipinski definition) is 2. The molecule has 2 rings (SSSR count). The number of carbonyl (C=O) groups is 2. The first-order valence-electron chi connectivity index (χ1n) is 7.22. The molecule has 0 aliphatic carbocycles. The monoisotopic (exact) mass is 283 g/mol. The van der Waals surface area contributed by atoms with Crippen LogP contribution in [-0.4, -0.2) is 99.0 Å². The van der Waals surface area contributed by atoms with Crippen molar-refractivity contribution in [3.63, 3.8) is 0 Å². The van der Waals surface area contributed by atoms with Crippen molar-refractivity contribution >= 4 is 11.8 Å². The van der Waals surface area contributed by atoms with Gasteiger partial charge in [-0.25, -0.2) is 0 Å². The Morgan fingerprint density at radius 1 is 1.30 bits per heavy atom. The second kappa shape index (κ2) is 7.01. The maximum Gasteiger partial charge on any atom is 0.241 e. The highest BCUT2D eigenvalue weighted by Gasteiger charge is 2.29. The van der Waals surface area contributed by atoms with Crippen LogP contribution in [0, 0.1) is 0 Å². The highest BCUT2D eigenvalue weighted by atomic mass is 16.2. The molecule has 2 fully saturated rings. The predicted molar refractivity (Wildman–Crippen MR) is 76.4 cm³/mol. The van der Waals surface area contributed by atoms with E-state index in [1.807, 2.05) is 4.90 Å². The van der Waals surface area contributed by atoms with Gasteiger partial charge in [-0.1, -0.05) is 0 Å². The van der Waals surface area contributed by atoms with Crippen LogP contribution in [-0.2, 0) is 9.59 Å². The summed E-state index contributed by atoms with van der Waals surface area (Å²) in [7, 11) is 4.14. The molecule has 2 aliphatic rings. The maximum absolute atomic E-state index is 12.3. The minimum absolute atomic E-state index is 0.0393. The Morgan fingerprint density at radius 2 is 2.00 bits per heavy atom. The summed E-state index contributed by atoms with van der Waals surface area (Å²) >= 11 is 0. The lowest BCUT2D eigenvalue weighted by Gasteiger charge is -2.37. The van der Waals surface area contributed by atoms with Crippen LogP contribution in [0.15, 0.2) is 0 Å². The van der Waals surface area contributed by atoms with E-state index in [1.165, 1.54) is 0 Å². The molecule has 2 saturated heterocycles. The lowest BCUT2D eigenvalue weighted by atomic mass is 10.2. The van der Waals surface area contributed by atoms with Crippen molar-refractivity contribution < 1.29 is 9.59 Å². The summed E-state index contributed by atoms with van der Waals surface area (Å²) in [5.74, 6) is 0.0693. The Kier molecular flexibility index (Phi) is 5.33. The van der Waals surface area contributed by atoms with Gasteiger partial charge >= 0.3 is 0 Å². The van der Waals surface area contributed by atoms with Crippen LogP contribution in [0.2, 0.25) is 0 Å². The zero-order chi connectivity index (χ0) is 14.5. The first-order chi connectivity index (χ1) is 9.56. The topological polar surface area (TPSA) is 67.9 Å². The molecule has 0 radical (unpaired) electrons. The van der Waals surface area contributed by atoms with Crippen molar-refractivity contribution in [2.45, 2.75) is 6.04 Å². The molecule has 0 bridgehead atoms. The molecular formula is C13H25N5O2. The van der Waals surface area contributed by atoms with Gasteiger partial charge in [-0.2, -0.15) is 0 Å². The minimum Gasteiger partial charge on any atom is -0.353 e. The standard InChI is InChI=1S/C13H25N5O2/c1-16(2)3-4-17-5-7-18(8-6-17)13(20)11-9-15-12(19)10-14-11/h11,14H,3-10H2,1-2H3,(H,15,19). The third-order valence-electron chi connectivity index (χ3n) is 3.86. The highest BCUT2D eigenvalue weighted by Crippen LogP contribution is 2.05. The fraction of sp³-hybridized carbons (Fsp3) is 0.846. The molecule has 20 heavy (non-hydrogen) atoms. The van der Waals surface area contributed by atoms with E-state index in [1.54, 1.807) is 0 Å². The lowest BCUT2D eigenvalue weighted by molar-refractivity contribution is -0.136. The van der Waals surface area contributed by atoms with E-state index in [9.17, 15) is 9.59 Å². The number of amides is 2. The summed E-state index contributed by atoms with van der Waals surface area (Å²) in [5.41, 5.74) is 0. The zero-order valence-electron chi connectivity index (χ0n) is 12.4. The molecule has 114 valence electrons. The number of rotatable bonds is 4. The summed E-state index contributed by atoms with van der Waals surface area (Å²) in [6, 6.07) is -0.263. The summed E-state index contributed by atoms with van der Waals surface area (Å²) in [5, 5.41) is 5.72. The summed E-state index contributed by atoms with van der Waals surface area (Å²) in [6.45, 7) is 6.14. The van der Waals surface area contributed by atoms with E-state index in [0.717, 1.165) is 39.3 Å². The van der Waals surface area contributed by atoms with Gasteiger partial charge in [0.2, 0.25) is 11.8 Å². The molecule has 2 aliphatic heterocycles. The largest absolute Gasteiger partial charge is 0.353 e. The fourth-order valence-corrected chi connectivity index (χ4v) is 2.49. The molecule has 0 aromatic rings. The van der Waals surface area contributed by atoms with Gasteiger partial charge in [0.1, 0.15) is 6.04 Å². The first-order valence-corrected chi connectivity index (χ1v) is 7.22. The molecule has 0 aromatic heterocycles. The first kappa shape index (κ1) is 15.2. The Labute approximate surface area is 120 Å². The second-order valence-corrected chi connectivity index (χ2v) is 5.71. The Hall–Kier alpha value is -1.18. The minimum atomic E-state index is -0.263. The quantitative estimate of drug-likeness (QED) is 0.612. The normalized spacial score (nSPS) is 24.9. The number of piperazine rings is 2. The van der Waals surface area contributed by atoms with Crippen LogP contribution in [0.1, 0.15) is 0 Å². The van der Waals surface area contributed by atoms with Crippen LogP contribution >= 0.6 is 0 Å². The van der Waals surface area contributed by atoms with E-state index < -0.39 is 0 Å². The molecule has 0 saturated carbocycles. The van der Waals surface area contributed by atoms with Crippen molar-refractivity contribution in [1.82, 2.24) is 25.3 Å². The van der Waals surface area contributed by atoms with Crippen LogP contribution < -0.4 is 10.6 Å². The maximum atomic E-state index is 12.3. The zero-order valence-corrected chi connectivity index (χ0v) is 12.4. The van der Waals surface area contributed by atoms with Crippen molar-refractivity contribution in [3.8, 4) is 0 Å². The van der Waals surface area contributed by atoms with Crippen LogP contribution in [0.5, 0.6) is 0 Å². The van der Waals surface area contributed by atoms with Crippen molar-refractivity contribution in [1.29, 1.82) is 0 Å². The molecule has 0 aromatic carbocycles. The van der Waals surface area contributed by atoms with Gasteiger partial charge in [0.15, 0.2) is 0 Å². The van der Waals surface area contributed by atoms with E-state index in [2.05, 4.69) is 34.5 Å². The van der Waals surface area contributed by atoms with Gasteiger partial charge in [-0.15, -0.1) is 0 Å². The van der Waals surface area contributed by atoms with E-state index in [4.69, 9.17) is 0 Å². The molecule has 2 amide bonds. The van der Waals surface area contributed by atoms with E-state index >= 15 is 0 Å². The summed E-state index contributed by atoms with van der Waals surface area (Å²) in [4.78, 5) is 29.9. The van der Waals surface area contributed by atoms with Crippen molar-refractivity contribution in [2.24, 2.45) is 0 Å². The highest BCUT2D eigenvalue weighted by molar-refractivity contribution is 5.86. The van der Waals surface area contributed by atoms with Gasteiger partial charge in [0.05, 0.1) is 6.54 Å². The molecular weight excluding hydrogens is 258 g/mol. The van der Waals surface area contributed by atoms with E-state index in [-0.39, 0.29) is 24.4 Å². The predicted octanol–water partition coefficient (Wildman–Crippen LogP) is -2.22. The van der Waals surface area contributed by atoms with Gasteiger partial charge in [-0.05, 0) is 14.1 Å². The molecule has 1 unspecified atom stereocenters.